The Hall–Kier alpha value is -2.38. The molecule has 0 bridgehead atoms. The maximum atomic E-state index is 10.7. The molecule has 0 aromatic carbocycles. The van der Waals surface area contributed by atoms with Crippen molar-refractivity contribution in [2.45, 2.75) is 6.54 Å². The number of hydrogen-bond acceptors (Lipinski definition) is 5. The van der Waals surface area contributed by atoms with Crippen LogP contribution in [0.4, 0.5) is 11.5 Å². The van der Waals surface area contributed by atoms with Crippen molar-refractivity contribution in [2.24, 2.45) is 7.05 Å². The highest BCUT2D eigenvalue weighted by Gasteiger charge is 2.17. The van der Waals surface area contributed by atoms with Crippen molar-refractivity contribution in [1.29, 1.82) is 0 Å². The quantitative estimate of drug-likeness (QED) is 0.584. The third-order valence-electron chi connectivity index (χ3n) is 2.02. The number of nitrogens with zero attached hydrogens (tertiary/aromatic N) is 4. The van der Waals surface area contributed by atoms with E-state index in [4.69, 9.17) is 0 Å². The molecule has 0 spiro atoms. The Morgan fingerprint density at radius 3 is 3.12 bits per heavy atom. The van der Waals surface area contributed by atoms with E-state index in [0.29, 0.717) is 6.54 Å². The molecular weight excluding hydrogens is 212 g/mol. The van der Waals surface area contributed by atoms with Crippen LogP contribution in [0.1, 0.15) is 5.56 Å². The van der Waals surface area contributed by atoms with Gasteiger partial charge >= 0.3 is 5.69 Å². The summed E-state index contributed by atoms with van der Waals surface area (Å²) in [7, 11) is 1.63. The number of aryl methyl sites for hydroxylation is 1. The molecule has 84 valence electrons. The minimum absolute atomic E-state index is 0.0361. The molecule has 0 aliphatic carbocycles. The van der Waals surface area contributed by atoms with Gasteiger partial charge in [-0.15, -0.1) is 5.10 Å². The summed E-state index contributed by atoms with van der Waals surface area (Å²) in [4.78, 5) is 10.2. The van der Waals surface area contributed by atoms with Crippen molar-refractivity contribution in [3.8, 4) is 0 Å². The predicted molar refractivity (Wildman–Crippen MR) is 55.8 cm³/mol. The fourth-order valence-corrected chi connectivity index (χ4v) is 1.30. The van der Waals surface area contributed by atoms with Crippen LogP contribution in [0, 0.1) is 10.1 Å². The van der Waals surface area contributed by atoms with E-state index >= 15 is 0 Å². The molecule has 2 aromatic rings. The number of nitrogens with one attached hydrogen (secondary N) is 2. The van der Waals surface area contributed by atoms with Crippen LogP contribution < -0.4 is 5.32 Å². The lowest BCUT2D eigenvalue weighted by Gasteiger charge is -1.99. The van der Waals surface area contributed by atoms with Crippen molar-refractivity contribution < 1.29 is 4.92 Å². The summed E-state index contributed by atoms with van der Waals surface area (Å²) < 4.78 is 1.40. The minimum atomic E-state index is -0.468. The molecule has 0 amide bonds. The van der Waals surface area contributed by atoms with E-state index in [1.54, 1.807) is 19.4 Å². The number of aromatic amines is 1. The third kappa shape index (κ3) is 2.00. The second kappa shape index (κ2) is 4.01. The van der Waals surface area contributed by atoms with Gasteiger partial charge in [0.2, 0.25) is 5.82 Å². The summed E-state index contributed by atoms with van der Waals surface area (Å²) in [6.07, 6.45) is 4.71. The van der Waals surface area contributed by atoms with Gasteiger partial charge in [0, 0.05) is 25.4 Å². The van der Waals surface area contributed by atoms with Crippen molar-refractivity contribution in [3.63, 3.8) is 0 Å². The molecule has 2 rings (SSSR count). The predicted octanol–water partition coefficient (Wildman–Crippen LogP) is 0.663. The van der Waals surface area contributed by atoms with Crippen molar-refractivity contribution in [2.75, 3.05) is 5.32 Å². The first-order valence-corrected chi connectivity index (χ1v) is 4.56. The fourth-order valence-electron chi connectivity index (χ4n) is 1.30. The van der Waals surface area contributed by atoms with Crippen molar-refractivity contribution in [3.05, 3.63) is 34.3 Å². The van der Waals surface area contributed by atoms with Gasteiger partial charge < -0.3 is 5.32 Å². The molecule has 0 unspecified atom stereocenters. The molecule has 0 aliphatic rings. The summed E-state index contributed by atoms with van der Waals surface area (Å²) >= 11 is 0. The summed E-state index contributed by atoms with van der Waals surface area (Å²) in [5, 5.41) is 24.0. The summed E-state index contributed by atoms with van der Waals surface area (Å²) in [5.41, 5.74) is 0.867. The summed E-state index contributed by atoms with van der Waals surface area (Å²) in [6, 6.07) is 0. The molecule has 2 aromatic heterocycles. The van der Waals surface area contributed by atoms with E-state index < -0.39 is 4.92 Å². The van der Waals surface area contributed by atoms with E-state index in [-0.39, 0.29) is 11.5 Å². The van der Waals surface area contributed by atoms with Crippen LogP contribution in [0.2, 0.25) is 0 Å². The van der Waals surface area contributed by atoms with Crippen LogP contribution in [0.5, 0.6) is 0 Å². The lowest BCUT2D eigenvalue weighted by Crippen LogP contribution is -2.01. The molecule has 8 nitrogen and oxygen atoms in total. The largest absolute Gasteiger partial charge is 0.359 e. The van der Waals surface area contributed by atoms with E-state index in [0.717, 1.165) is 5.56 Å². The minimum Gasteiger partial charge on any atom is -0.359 e. The normalized spacial score (nSPS) is 10.3. The molecule has 2 heterocycles. The highest BCUT2D eigenvalue weighted by atomic mass is 16.6. The molecular formula is C8H10N6O2. The smallest absolute Gasteiger partial charge is 0.330 e. The van der Waals surface area contributed by atoms with Gasteiger partial charge in [-0.2, -0.15) is 5.10 Å². The number of hydrogen-bond donors (Lipinski definition) is 2. The average molecular weight is 222 g/mol. The first-order chi connectivity index (χ1) is 7.66. The topological polar surface area (TPSA) is 102 Å². The summed E-state index contributed by atoms with van der Waals surface area (Å²) in [6.45, 7) is 0.439. The van der Waals surface area contributed by atoms with Crippen LogP contribution in [0.25, 0.3) is 0 Å². The van der Waals surface area contributed by atoms with Gasteiger partial charge in [0.15, 0.2) is 0 Å². The Kier molecular flexibility index (Phi) is 2.54. The van der Waals surface area contributed by atoms with Crippen LogP contribution in [-0.2, 0) is 13.6 Å². The van der Waals surface area contributed by atoms with Gasteiger partial charge in [-0.25, -0.2) is 0 Å². The molecule has 0 fully saturated rings. The van der Waals surface area contributed by atoms with Crippen molar-refractivity contribution in [1.82, 2.24) is 20.0 Å². The number of nitro groups is 1. The number of anilines is 1. The highest BCUT2D eigenvalue weighted by Crippen LogP contribution is 2.21. The number of aromatic nitrogens is 4. The maximum Gasteiger partial charge on any atom is 0.330 e. The zero-order valence-corrected chi connectivity index (χ0v) is 8.54. The molecule has 0 aliphatic heterocycles. The average Bonchev–Trinajstić information content (AvgIpc) is 2.83. The van der Waals surface area contributed by atoms with E-state index in [9.17, 15) is 10.1 Å². The first-order valence-electron chi connectivity index (χ1n) is 4.56. The molecule has 0 saturated carbocycles. The molecule has 0 atom stereocenters. The first kappa shape index (κ1) is 10.1. The Morgan fingerprint density at radius 2 is 2.50 bits per heavy atom. The second-order valence-electron chi connectivity index (χ2n) is 3.25. The number of H-pyrrole nitrogens is 1. The molecule has 0 saturated heterocycles. The van der Waals surface area contributed by atoms with E-state index in [1.165, 1.54) is 10.9 Å². The summed E-state index contributed by atoms with van der Waals surface area (Å²) in [5.74, 6) is 0.258. The van der Waals surface area contributed by atoms with Gasteiger partial charge in [-0.05, 0) is 0 Å². The van der Waals surface area contributed by atoms with Gasteiger partial charge in [-0.3, -0.25) is 19.9 Å². The monoisotopic (exact) mass is 222 g/mol. The van der Waals surface area contributed by atoms with Crippen LogP contribution in [-0.4, -0.2) is 24.9 Å². The SMILES string of the molecule is Cn1cc([N+](=O)[O-])c(NCc2cn[nH]c2)n1. The maximum absolute atomic E-state index is 10.7. The van der Waals surface area contributed by atoms with Gasteiger partial charge in [-0.1, -0.05) is 0 Å². The lowest BCUT2D eigenvalue weighted by atomic mass is 10.3. The lowest BCUT2D eigenvalue weighted by molar-refractivity contribution is -0.384. The second-order valence-corrected chi connectivity index (χ2v) is 3.25. The zero-order chi connectivity index (χ0) is 11.5. The van der Waals surface area contributed by atoms with Gasteiger partial charge in [0.25, 0.3) is 0 Å². The Labute approximate surface area is 90.4 Å². The van der Waals surface area contributed by atoms with E-state index in [2.05, 4.69) is 20.6 Å². The molecule has 8 heteroatoms. The van der Waals surface area contributed by atoms with Crippen molar-refractivity contribution >= 4 is 11.5 Å². The Bertz CT molecular complexity index is 489. The number of rotatable bonds is 4. The zero-order valence-electron chi connectivity index (χ0n) is 8.54. The van der Waals surface area contributed by atoms with Gasteiger partial charge in [0.05, 0.1) is 11.1 Å². The van der Waals surface area contributed by atoms with Crippen LogP contribution in [0.3, 0.4) is 0 Å². The highest BCUT2D eigenvalue weighted by molar-refractivity contribution is 5.54. The van der Waals surface area contributed by atoms with Crippen LogP contribution >= 0.6 is 0 Å². The molecule has 2 N–H and O–H groups in total. The molecule has 0 radical (unpaired) electrons. The van der Waals surface area contributed by atoms with Gasteiger partial charge in [0.1, 0.15) is 6.20 Å². The Morgan fingerprint density at radius 1 is 1.69 bits per heavy atom. The Balaban J connectivity index is 2.12. The molecule has 16 heavy (non-hydrogen) atoms. The third-order valence-corrected chi connectivity index (χ3v) is 2.02. The fraction of sp³-hybridized carbons (Fsp3) is 0.250. The standard InChI is InChI=1S/C8H10N6O2/c1-13-5-7(14(15)16)8(12-13)9-2-6-3-10-11-4-6/h3-5H,2H2,1H3,(H,9,12)(H,10,11). The van der Waals surface area contributed by atoms with Crippen LogP contribution in [0.15, 0.2) is 18.6 Å². The van der Waals surface area contributed by atoms with E-state index in [1.807, 2.05) is 0 Å².